The predicted molar refractivity (Wildman–Crippen MR) is 92.8 cm³/mol. The van der Waals surface area contributed by atoms with Crippen molar-refractivity contribution < 1.29 is 14.7 Å². The first-order valence-electron chi connectivity index (χ1n) is 8.05. The number of carbonyl (C=O) groups excluding carboxylic acids is 1. The van der Waals surface area contributed by atoms with Crippen molar-refractivity contribution in [2.45, 2.75) is 53.4 Å². The maximum absolute atomic E-state index is 11.7. The van der Waals surface area contributed by atoms with Crippen molar-refractivity contribution in [1.82, 2.24) is 5.32 Å². The van der Waals surface area contributed by atoms with Gasteiger partial charge in [-0.1, -0.05) is 38.5 Å². The van der Waals surface area contributed by atoms with Crippen LogP contribution in [0.25, 0.3) is 0 Å². The highest BCUT2D eigenvalue weighted by molar-refractivity contribution is 5.90. The molecule has 0 bridgehead atoms. The van der Waals surface area contributed by atoms with Crippen molar-refractivity contribution in [3.8, 4) is 0 Å². The Balaban J connectivity index is 2.64. The number of aliphatic carboxylic acids is 1. The van der Waals surface area contributed by atoms with Gasteiger partial charge in [0, 0.05) is 17.8 Å². The second kappa shape index (κ2) is 8.51. The zero-order valence-corrected chi connectivity index (χ0v) is 14.5. The lowest BCUT2D eigenvalue weighted by atomic mass is 9.73. The first kappa shape index (κ1) is 18.9. The molecule has 0 atom stereocenters. The molecule has 1 rings (SSSR count). The van der Waals surface area contributed by atoms with Crippen LogP contribution in [-0.4, -0.2) is 17.0 Å². The molecular formula is C19H27NO3. The minimum atomic E-state index is -0.959. The average molecular weight is 317 g/mol. The molecular weight excluding hydrogens is 290 g/mol. The van der Waals surface area contributed by atoms with Gasteiger partial charge in [-0.25, -0.2) is 4.79 Å². The van der Waals surface area contributed by atoms with Crippen LogP contribution in [-0.2, 0) is 9.59 Å². The Morgan fingerprint density at radius 2 is 2.04 bits per heavy atom. The molecule has 0 spiro atoms. The molecule has 0 saturated heterocycles. The fourth-order valence-electron chi connectivity index (χ4n) is 2.86. The second-order valence-corrected chi connectivity index (χ2v) is 6.48. The van der Waals surface area contributed by atoms with Gasteiger partial charge < -0.3 is 10.4 Å². The molecule has 4 heteroatoms. The number of carboxylic acids is 1. The van der Waals surface area contributed by atoms with Gasteiger partial charge in [0.1, 0.15) is 0 Å². The van der Waals surface area contributed by atoms with Gasteiger partial charge in [0.15, 0.2) is 0 Å². The van der Waals surface area contributed by atoms with E-state index in [1.165, 1.54) is 35.8 Å². The zero-order valence-electron chi connectivity index (χ0n) is 14.5. The summed E-state index contributed by atoms with van der Waals surface area (Å²) >= 11 is 0. The molecule has 126 valence electrons. The topological polar surface area (TPSA) is 66.4 Å². The molecule has 0 aromatic rings. The number of hydrogen-bond donors (Lipinski definition) is 2. The van der Waals surface area contributed by atoms with Crippen LogP contribution in [0.1, 0.15) is 53.4 Å². The first-order valence-corrected chi connectivity index (χ1v) is 8.05. The average Bonchev–Trinajstić information content (AvgIpc) is 2.46. The van der Waals surface area contributed by atoms with Gasteiger partial charge in [-0.05, 0) is 49.7 Å². The van der Waals surface area contributed by atoms with Gasteiger partial charge in [0.05, 0.1) is 0 Å². The molecule has 0 aromatic heterocycles. The van der Waals surface area contributed by atoms with Crippen LogP contribution in [0.15, 0.2) is 47.2 Å². The fraction of sp³-hybridized carbons (Fsp3) is 0.474. The van der Waals surface area contributed by atoms with Crippen LogP contribution in [0.5, 0.6) is 0 Å². The van der Waals surface area contributed by atoms with Gasteiger partial charge in [0.25, 0.3) is 0 Å². The van der Waals surface area contributed by atoms with E-state index < -0.39 is 5.97 Å². The lowest BCUT2D eigenvalue weighted by molar-refractivity contribution is -0.132. The molecule has 0 heterocycles. The van der Waals surface area contributed by atoms with E-state index in [9.17, 15) is 9.59 Å². The standard InChI is InChI=1S/C19H27NO3/c1-5-15(18(22)23)9-6-10-17(21)20-13-11-16-14(2)8-7-12-19(16,3)4/h6,9-11,13H,5,7-8,12H2,1-4H3,(H,20,21)(H,22,23). The zero-order chi connectivity index (χ0) is 17.5. The molecule has 23 heavy (non-hydrogen) atoms. The van der Waals surface area contributed by atoms with Crippen LogP contribution in [0.2, 0.25) is 0 Å². The van der Waals surface area contributed by atoms with E-state index in [-0.39, 0.29) is 16.9 Å². The monoisotopic (exact) mass is 317 g/mol. The van der Waals surface area contributed by atoms with E-state index in [0.717, 1.165) is 12.8 Å². The number of nitrogens with one attached hydrogen (secondary N) is 1. The van der Waals surface area contributed by atoms with E-state index in [0.29, 0.717) is 6.42 Å². The summed E-state index contributed by atoms with van der Waals surface area (Å²) in [6.45, 7) is 8.35. The predicted octanol–water partition coefficient (Wildman–Crippen LogP) is 4.12. The molecule has 4 nitrogen and oxygen atoms in total. The smallest absolute Gasteiger partial charge is 0.331 e. The molecule has 1 amide bonds. The summed E-state index contributed by atoms with van der Waals surface area (Å²) in [4.78, 5) is 22.6. The van der Waals surface area contributed by atoms with E-state index in [1.54, 1.807) is 13.1 Å². The summed E-state index contributed by atoms with van der Waals surface area (Å²) in [7, 11) is 0. The Morgan fingerprint density at radius 1 is 1.35 bits per heavy atom. The van der Waals surface area contributed by atoms with Crippen molar-refractivity contribution in [1.29, 1.82) is 0 Å². The highest BCUT2D eigenvalue weighted by atomic mass is 16.4. The molecule has 1 aliphatic carbocycles. The molecule has 0 fully saturated rings. The van der Waals surface area contributed by atoms with Crippen LogP contribution in [0.4, 0.5) is 0 Å². The number of allylic oxidation sites excluding steroid dienone is 5. The SMILES string of the molecule is CCC(=CC=CC(=O)NC=CC1=C(C)CCCC1(C)C)C(=O)O. The molecule has 1 aliphatic rings. The highest BCUT2D eigenvalue weighted by Crippen LogP contribution is 2.40. The Morgan fingerprint density at radius 3 is 2.61 bits per heavy atom. The third-order valence-corrected chi connectivity index (χ3v) is 4.22. The summed E-state index contributed by atoms with van der Waals surface area (Å²) in [6.07, 6.45) is 11.8. The molecule has 0 aliphatic heterocycles. The number of amides is 1. The van der Waals surface area contributed by atoms with Crippen molar-refractivity contribution >= 4 is 11.9 Å². The quantitative estimate of drug-likeness (QED) is 0.572. The van der Waals surface area contributed by atoms with Crippen molar-refractivity contribution in [3.05, 3.63) is 47.2 Å². The lowest BCUT2D eigenvalue weighted by Gasteiger charge is -2.32. The maximum Gasteiger partial charge on any atom is 0.331 e. The summed E-state index contributed by atoms with van der Waals surface area (Å²) < 4.78 is 0. The lowest BCUT2D eigenvalue weighted by Crippen LogP contribution is -2.20. The maximum atomic E-state index is 11.7. The number of carbonyl (C=O) groups is 2. The molecule has 0 aromatic carbocycles. The highest BCUT2D eigenvalue weighted by Gasteiger charge is 2.26. The number of carboxylic acid groups (broad SMARTS) is 1. The van der Waals surface area contributed by atoms with Gasteiger partial charge >= 0.3 is 5.97 Å². The van der Waals surface area contributed by atoms with Gasteiger partial charge in [-0.3, -0.25) is 4.79 Å². The molecule has 0 unspecified atom stereocenters. The summed E-state index contributed by atoms with van der Waals surface area (Å²) in [6, 6.07) is 0. The fourth-order valence-corrected chi connectivity index (χ4v) is 2.86. The minimum Gasteiger partial charge on any atom is -0.478 e. The van der Waals surface area contributed by atoms with E-state index >= 15 is 0 Å². The van der Waals surface area contributed by atoms with Gasteiger partial charge in [0.2, 0.25) is 5.91 Å². The summed E-state index contributed by atoms with van der Waals surface area (Å²) in [5.74, 6) is -1.23. The number of hydrogen-bond acceptors (Lipinski definition) is 2. The Labute approximate surface area is 138 Å². The van der Waals surface area contributed by atoms with Crippen LogP contribution < -0.4 is 5.32 Å². The van der Waals surface area contributed by atoms with E-state index in [1.807, 2.05) is 6.08 Å². The third kappa shape index (κ3) is 5.89. The minimum absolute atomic E-state index is 0.139. The summed E-state index contributed by atoms with van der Waals surface area (Å²) in [5, 5.41) is 11.6. The normalized spacial score (nSPS) is 18.7. The van der Waals surface area contributed by atoms with Crippen molar-refractivity contribution in [2.75, 3.05) is 0 Å². The second-order valence-electron chi connectivity index (χ2n) is 6.48. The molecule has 0 radical (unpaired) electrons. The van der Waals surface area contributed by atoms with Crippen molar-refractivity contribution in [3.63, 3.8) is 0 Å². The first-order chi connectivity index (χ1) is 10.8. The Hall–Kier alpha value is -2.10. The molecule has 0 saturated carbocycles. The van der Waals surface area contributed by atoms with Crippen LogP contribution >= 0.6 is 0 Å². The van der Waals surface area contributed by atoms with Gasteiger partial charge in [-0.15, -0.1) is 0 Å². The van der Waals surface area contributed by atoms with Crippen LogP contribution in [0.3, 0.4) is 0 Å². The van der Waals surface area contributed by atoms with Crippen molar-refractivity contribution in [2.24, 2.45) is 5.41 Å². The van der Waals surface area contributed by atoms with Gasteiger partial charge in [-0.2, -0.15) is 0 Å². The summed E-state index contributed by atoms with van der Waals surface area (Å²) in [5.41, 5.74) is 3.07. The Kier molecular flexibility index (Phi) is 7.01. The third-order valence-electron chi connectivity index (χ3n) is 4.22. The van der Waals surface area contributed by atoms with E-state index in [4.69, 9.17) is 5.11 Å². The van der Waals surface area contributed by atoms with E-state index in [2.05, 4.69) is 26.1 Å². The largest absolute Gasteiger partial charge is 0.478 e. The Bertz CT molecular complexity index is 577. The number of rotatable bonds is 6. The van der Waals surface area contributed by atoms with Crippen LogP contribution in [0, 0.1) is 5.41 Å². The molecule has 2 N–H and O–H groups in total.